The second-order valence-electron chi connectivity index (χ2n) is 9.30. The van der Waals surface area contributed by atoms with E-state index in [2.05, 4.69) is 41.2 Å². The smallest absolute Gasteiger partial charge is 0.338 e. The van der Waals surface area contributed by atoms with E-state index in [1.165, 1.54) is 38.5 Å². The van der Waals surface area contributed by atoms with Gasteiger partial charge in [-0.1, -0.05) is 81.5 Å². The molecule has 2 fully saturated rings. The monoisotopic (exact) mass is 454 g/mol. The molecule has 2 aliphatic carbocycles. The number of nitrogens with zero attached hydrogens (tertiary/aromatic N) is 2. The maximum atomic E-state index is 11.8. The highest BCUT2D eigenvalue weighted by atomic mass is 16.5. The lowest BCUT2D eigenvalue weighted by molar-refractivity contribution is 0.0155. The van der Waals surface area contributed by atoms with E-state index in [0.717, 1.165) is 34.6 Å². The van der Waals surface area contributed by atoms with Crippen LogP contribution in [0.5, 0.6) is 0 Å². The molecule has 0 radical (unpaired) electrons. The Morgan fingerprint density at radius 1 is 0.735 bits per heavy atom. The number of rotatable bonds is 2. The van der Waals surface area contributed by atoms with E-state index < -0.39 is 0 Å². The molecule has 2 aromatic carbocycles. The molecule has 2 unspecified atom stereocenters. The van der Waals surface area contributed by atoms with Crippen molar-refractivity contribution in [3.05, 3.63) is 84.7 Å². The van der Waals surface area contributed by atoms with Gasteiger partial charge < -0.3 is 4.74 Å². The van der Waals surface area contributed by atoms with Gasteiger partial charge in [0.1, 0.15) is 6.10 Å². The molecule has 0 amide bonds. The minimum Gasteiger partial charge on any atom is -0.459 e. The molecule has 0 spiro atoms. The summed E-state index contributed by atoms with van der Waals surface area (Å²) in [5.41, 5.74) is 2.61. The number of esters is 1. The number of carbonyl (C=O) groups is 1. The number of carbonyl (C=O) groups excluding carboxylic acids is 1. The first-order chi connectivity index (χ1) is 16.7. The average Bonchev–Trinajstić information content (AvgIpc) is 2.84. The average molecular weight is 455 g/mol. The number of fused-ring (bicyclic) bond motifs is 3. The maximum Gasteiger partial charge on any atom is 0.338 e. The van der Waals surface area contributed by atoms with E-state index in [1.54, 1.807) is 24.5 Å². The molecule has 4 aromatic rings. The van der Waals surface area contributed by atoms with Gasteiger partial charge in [-0.3, -0.25) is 9.97 Å². The Bertz CT molecular complexity index is 1130. The van der Waals surface area contributed by atoms with Crippen LogP contribution in [0.25, 0.3) is 21.8 Å². The predicted molar refractivity (Wildman–Crippen MR) is 139 cm³/mol. The summed E-state index contributed by atoms with van der Waals surface area (Å²) in [7, 11) is 0. The van der Waals surface area contributed by atoms with Crippen molar-refractivity contribution in [2.75, 3.05) is 0 Å². The summed E-state index contributed by atoms with van der Waals surface area (Å²) in [6.07, 6.45) is 14.2. The fraction of sp³-hybridized carbons (Fsp3) is 0.367. The van der Waals surface area contributed by atoms with Crippen LogP contribution >= 0.6 is 0 Å². The van der Waals surface area contributed by atoms with E-state index in [-0.39, 0.29) is 12.1 Å². The Morgan fingerprint density at radius 3 is 1.85 bits per heavy atom. The highest BCUT2D eigenvalue weighted by Gasteiger charge is 2.22. The minimum absolute atomic E-state index is 0.122. The lowest BCUT2D eigenvalue weighted by atomic mass is 9.89. The first kappa shape index (κ1) is 23.9. The normalized spacial score (nSPS) is 19.1. The van der Waals surface area contributed by atoms with E-state index >= 15 is 0 Å². The lowest BCUT2D eigenvalue weighted by Gasteiger charge is -2.26. The third-order valence-electron chi connectivity index (χ3n) is 6.52. The number of hydrogen-bond acceptors (Lipinski definition) is 4. The van der Waals surface area contributed by atoms with Crippen molar-refractivity contribution in [1.29, 1.82) is 0 Å². The third kappa shape index (κ3) is 6.63. The molecule has 176 valence electrons. The van der Waals surface area contributed by atoms with Gasteiger partial charge in [0.2, 0.25) is 0 Å². The van der Waals surface area contributed by atoms with Gasteiger partial charge in [0.15, 0.2) is 0 Å². The number of aromatic nitrogens is 2. The van der Waals surface area contributed by atoms with Crippen LogP contribution in [-0.4, -0.2) is 22.0 Å². The molecular formula is C30H34N2O2. The molecule has 2 saturated carbocycles. The molecule has 0 saturated heterocycles. The van der Waals surface area contributed by atoms with Crippen LogP contribution in [0.3, 0.4) is 0 Å². The fourth-order valence-corrected chi connectivity index (χ4v) is 4.21. The number of ether oxygens (including phenoxy) is 1. The molecule has 2 aliphatic rings. The zero-order valence-electron chi connectivity index (χ0n) is 20.0. The molecule has 0 bridgehead atoms. The van der Waals surface area contributed by atoms with Crippen LogP contribution in [0.2, 0.25) is 0 Å². The van der Waals surface area contributed by atoms with Crippen molar-refractivity contribution in [3.63, 3.8) is 0 Å². The summed E-state index contributed by atoms with van der Waals surface area (Å²) in [6.45, 7) is 2.22. The maximum absolute atomic E-state index is 11.8. The largest absolute Gasteiger partial charge is 0.459 e. The summed E-state index contributed by atoms with van der Waals surface area (Å²) >= 11 is 0. The quantitative estimate of drug-likeness (QED) is 0.229. The number of pyridine rings is 2. The standard InChI is InChI=1S/C14H18O2.C12H8N2.C4H8/c1-11-6-5-9-13(10-11)16-14(15)12-7-3-2-4-8-12;1-3-9-5-6-10-4-2-8-14-12(10)11(9)13-7-1;1-2-4-3-1/h2-4,7-8,11,13H,5-6,9-10H2,1H3;1-8H;1-4H2. The Hall–Kier alpha value is -3.27. The molecule has 4 heteroatoms. The predicted octanol–water partition coefficient (Wildman–Crippen LogP) is 7.77. The SMILES string of the molecule is C1CCC1.CC1CCCC(OC(=O)c2ccccc2)C1.c1cnc2c(c1)ccc1cccnc12. The van der Waals surface area contributed by atoms with Gasteiger partial charge in [0, 0.05) is 23.2 Å². The Morgan fingerprint density at radius 2 is 1.32 bits per heavy atom. The van der Waals surface area contributed by atoms with E-state index in [4.69, 9.17) is 4.74 Å². The molecule has 0 aliphatic heterocycles. The van der Waals surface area contributed by atoms with E-state index in [1.807, 2.05) is 30.3 Å². The molecule has 0 N–H and O–H groups in total. The molecule has 34 heavy (non-hydrogen) atoms. The van der Waals surface area contributed by atoms with Crippen LogP contribution in [0.15, 0.2) is 79.1 Å². The van der Waals surface area contributed by atoms with Crippen molar-refractivity contribution in [2.24, 2.45) is 5.92 Å². The van der Waals surface area contributed by atoms with Crippen molar-refractivity contribution < 1.29 is 9.53 Å². The highest BCUT2D eigenvalue weighted by molar-refractivity contribution is 6.02. The van der Waals surface area contributed by atoms with Crippen molar-refractivity contribution in [1.82, 2.24) is 9.97 Å². The van der Waals surface area contributed by atoms with Crippen LogP contribution in [0, 0.1) is 5.92 Å². The molecule has 2 heterocycles. The molecule has 4 nitrogen and oxygen atoms in total. The van der Waals surface area contributed by atoms with Crippen LogP contribution in [-0.2, 0) is 4.74 Å². The summed E-state index contributed by atoms with van der Waals surface area (Å²) < 4.78 is 5.51. The van der Waals surface area contributed by atoms with Crippen LogP contribution in [0.4, 0.5) is 0 Å². The molecule has 2 atom stereocenters. The first-order valence-corrected chi connectivity index (χ1v) is 12.5. The van der Waals surface area contributed by atoms with Gasteiger partial charge in [-0.05, 0) is 49.4 Å². The Labute approximate surface area is 202 Å². The highest BCUT2D eigenvalue weighted by Crippen LogP contribution is 2.26. The van der Waals surface area contributed by atoms with Gasteiger partial charge in [0.25, 0.3) is 0 Å². The van der Waals surface area contributed by atoms with Gasteiger partial charge in [-0.25, -0.2) is 4.79 Å². The second-order valence-corrected chi connectivity index (χ2v) is 9.30. The first-order valence-electron chi connectivity index (χ1n) is 12.5. The third-order valence-corrected chi connectivity index (χ3v) is 6.52. The van der Waals surface area contributed by atoms with Gasteiger partial charge in [-0.2, -0.15) is 0 Å². The summed E-state index contributed by atoms with van der Waals surface area (Å²) in [6, 6.07) is 21.4. The van der Waals surface area contributed by atoms with Crippen LogP contribution < -0.4 is 0 Å². The Balaban J connectivity index is 0.000000139. The van der Waals surface area contributed by atoms with E-state index in [0.29, 0.717) is 11.5 Å². The molecule has 6 rings (SSSR count). The Kier molecular flexibility index (Phi) is 8.61. The minimum atomic E-state index is -0.181. The second kappa shape index (κ2) is 12.3. The van der Waals surface area contributed by atoms with Gasteiger partial charge in [-0.15, -0.1) is 0 Å². The van der Waals surface area contributed by atoms with Crippen LogP contribution in [0.1, 0.15) is 68.6 Å². The molecular weight excluding hydrogens is 420 g/mol. The summed E-state index contributed by atoms with van der Waals surface area (Å²) in [5.74, 6) is 0.502. The van der Waals surface area contributed by atoms with Crippen molar-refractivity contribution in [2.45, 2.75) is 64.4 Å². The zero-order chi connectivity index (χ0) is 23.6. The number of benzene rings is 2. The zero-order valence-corrected chi connectivity index (χ0v) is 20.0. The lowest BCUT2D eigenvalue weighted by Crippen LogP contribution is -2.24. The van der Waals surface area contributed by atoms with Crippen molar-refractivity contribution >= 4 is 27.8 Å². The summed E-state index contributed by atoms with van der Waals surface area (Å²) in [5, 5.41) is 2.28. The fourth-order valence-electron chi connectivity index (χ4n) is 4.21. The van der Waals surface area contributed by atoms with Gasteiger partial charge >= 0.3 is 5.97 Å². The van der Waals surface area contributed by atoms with Gasteiger partial charge in [0.05, 0.1) is 16.6 Å². The topological polar surface area (TPSA) is 52.1 Å². The summed E-state index contributed by atoms with van der Waals surface area (Å²) in [4.78, 5) is 20.5. The molecule has 2 aromatic heterocycles. The van der Waals surface area contributed by atoms with E-state index in [9.17, 15) is 4.79 Å². The number of hydrogen-bond donors (Lipinski definition) is 0. The van der Waals surface area contributed by atoms with Crippen molar-refractivity contribution in [3.8, 4) is 0 Å².